The molecule has 2 aliphatic carbocycles. The minimum absolute atomic E-state index is 0.0190. The molecular formula is C15H24N2O2. The van der Waals surface area contributed by atoms with E-state index in [4.69, 9.17) is 0 Å². The number of nitrogens with zero attached hydrogens (tertiary/aromatic N) is 1. The predicted molar refractivity (Wildman–Crippen MR) is 72.3 cm³/mol. The van der Waals surface area contributed by atoms with E-state index < -0.39 is 0 Å². The van der Waals surface area contributed by atoms with Crippen molar-refractivity contribution in [3.63, 3.8) is 0 Å². The first-order valence-electron chi connectivity index (χ1n) is 7.67. The van der Waals surface area contributed by atoms with Gasteiger partial charge in [-0.05, 0) is 63.8 Å². The standard InChI is InChI=1S/C15H24N2O2/c1-9(2)17-14(18)7-13(15(17)19)16-8-12(10-3-4-10)11-5-6-11/h9-13,16H,3-8H2,1-2H3. The van der Waals surface area contributed by atoms with Crippen LogP contribution in [-0.2, 0) is 9.59 Å². The molecular weight excluding hydrogens is 240 g/mol. The monoisotopic (exact) mass is 264 g/mol. The van der Waals surface area contributed by atoms with Crippen LogP contribution in [0.5, 0.6) is 0 Å². The molecule has 4 nitrogen and oxygen atoms in total. The third-order valence-electron chi connectivity index (χ3n) is 4.75. The van der Waals surface area contributed by atoms with Crippen LogP contribution in [-0.4, -0.2) is 35.3 Å². The Morgan fingerprint density at radius 1 is 1.16 bits per heavy atom. The molecule has 2 saturated carbocycles. The minimum Gasteiger partial charge on any atom is -0.305 e. The van der Waals surface area contributed by atoms with Crippen LogP contribution >= 0.6 is 0 Å². The van der Waals surface area contributed by atoms with Crippen molar-refractivity contribution in [3.05, 3.63) is 0 Å². The van der Waals surface area contributed by atoms with Crippen LogP contribution in [0.4, 0.5) is 0 Å². The first-order valence-corrected chi connectivity index (χ1v) is 7.67. The van der Waals surface area contributed by atoms with Gasteiger partial charge in [0.05, 0.1) is 12.5 Å². The van der Waals surface area contributed by atoms with E-state index in [9.17, 15) is 9.59 Å². The van der Waals surface area contributed by atoms with Gasteiger partial charge in [-0.15, -0.1) is 0 Å². The summed E-state index contributed by atoms with van der Waals surface area (Å²) in [5, 5.41) is 3.38. The molecule has 1 atom stereocenters. The molecule has 0 aromatic rings. The summed E-state index contributed by atoms with van der Waals surface area (Å²) >= 11 is 0. The number of nitrogens with one attached hydrogen (secondary N) is 1. The van der Waals surface area contributed by atoms with E-state index in [2.05, 4.69) is 5.32 Å². The Balaban J connectivity index is 1.55. The van der Waals surface area contributed by atoms with Crippen LogP contribution in [0.3, 0.4) is 0 Å². The van der Waals surface area contributed by atoms with Crippen LogP contribution in [0, 0.1) is 17.8 Å². The van der Waals surface area contributed by atoms with Crippen molar-refractivity contribution in [1.82, 2.24) is 10.2 Å². The fourth-order valence-electron chi connectivity index (χ4n) is 3.40. The number of hydrogen-bond acceptors (Lipinski definition) is 3. The van der Waals surface area contributed by atoms with Crippen molar-refractivity contribution in [1.29, 1.82) is 0 Å². The third-order valence-corrected chi connectivity index (χ3v) is 4.75. The zero-order valence-electron chi connectivity index (χ0n) is 11.9. The Hall–Kier alpha value is -0.900. The van der Waals surface area contributed by atoms with Gasteiger partial charge in [0.1, 0.15) is 0 Å². The zero-order chi connectivity index (χ0) is 13.6. The molecule has 1 aliphatic heterocycles. The summed E-state index contributed by atoms with van der Waals surface area (Å²) in [6, 6.07) is -0.288. The molecule has 0 aromatic heterocycles. The van der Waals surface area contributed by atoms with E-state index >= 15 is 0 Å². The van der Waals surface area contributed by atoms with Gasteiger partial charge in [-0.1, -0.05) is 0 Å². The fraction of sp³-hybridized carbons (Fsp3) is 0.867. The topological polar surface area (TPSA) is 49.4 Å². The Morgan fingerprint density at radius 3 is 2.16 bits per heavy atom. The number of likely N-dealkylation sites (tertiary alicyclic amines) is 1. The van der Waals surface area contributed by atoms with Crippen LogP contribution in [0.15, 0.2) is 0 Å². The van der Waals surface area contributed by atoms with E-state index in [0.717, 1.165) is 24.3 Å². The van der Waals surface area contributed by atoms with E-state index in [0.29, 0.717) is 6.42 Å². The van der Waals surface area contributed by atoms with Crippen molar-refractivity contribution in [3.8, 4) is 0 Å². The number of carbonyl (C=O) groups excluding carboxylic acids is 2. The third kappa shape index (κ3) is 2.69. The summed E-state index contributed by atoms with van der Waals surface area (Å²) in [6.07, 6.45) is 5.78. The lowest BCUT2D eigenvalue weighted by atomic mass is 9.97. The number of carbonyl (C=O) groups is 2. The van der Waals surface area contributed by atoms with E-state index in [1.165, 1.54) is 30.6 Å². The molecule has 106 valence electrons. The van der Waals surface area contributed by atoms with Crippen molar-refractivity contribution >= 4 is 11.8 Å². The normalized spacial score (nSPS) is 28.0. The molecule has 19 heavy (non-hydrogen) atoms. The molecule has 0 aromatic carbocycles. The summed E-state index contributed by atoms with van der Waals surface area (Å²) in [5.41, 5.74) is 0. The molecule has 0 bridgehead atoms. The molecule has 0 spiro atoms. The second kappa shape index (κ2) is 4.89. The first-order chi connectivity index (χ1) is 9.08. The minimum atomic E-state index is -0.269. The molecule has 3 fully saturated rings. The van der Waals surface area contributed by atoms with Crippen molar-refractivity contribution in [2.24, 2.45) is 17.8 Å². The van der Waals surface area contributed by atoms with Gasteiger partial charge >= 0.3 is 0 Å². The SMILES string of the molecule is CC(C)N1C(=O)CC(NCC(C2CC2)C2CC2)C1=O. The molecule has 4 heteroatoms. The highest BCUT2D eigenvalue weighted by molar-refractivity contribution is 6.05. The molecule has 3 rings (SSSR count). The van der Waals surface area contributed by atoms with Crippen LogP contribution in [0.2, 0.25) is 0 Å². The summed E-state index contributed by atoms with van der Waals surface area (Å²) in [5.74, 6) is 2.47. The van der Waals surface area contributed by atoms with Gasteiger partial charge in [0.25, 0.3) is 0 Å². The predicted octanol–water partition coefficient (Wildman–Crippen LogP) is 1.55. The molecule has 2 amide bonds. The highest BCUT2D eigenvalue weighted by atomic mass is 16.2. The molecule has 3 aliphatic rings. The van der Waals surface area contributed by atoms with Crippen LogP contribution in [0.1, 0.15) is 46.0 Å². The van der Waals surface area contributed by atoms with Gasteiger partial charge in [0.2, 0.25) is 11.8 Å². The second-order valence-electron chi connectivity index (χ2n) is 6.70. The van der Waals surface area contributed by atoms with Crippen molar-refractivity contribution in [2.45, 2.75) is 58.0 Å². The quantitative estimate of drug-likeness (QED) is 0.741. The van der Waals surface area contributed by atoms with E-state index in [-0.39, 0.29) is 23.9 Å². The fourth-order valence-corrected chi connectivity index (χ4v) is 3.40. The lowest BCUT2D eigenvalue weighted by Crippen LogP contribution is -2.43. The summed E-state index contributed by atoms with van der Waals surface area (Å²) in [4.78, 5) is 25.4. The van der Waals surface area contributed by atoms with Crippen LogP contribution < -0.4 is 5.32 Å². The van der Waals surface area contributed by atoms with Crippen LogP contribution in [0.25, 0.3) is 0 Å². The largest absolute Gasteiger partial charge is 0.305 e. The highest BCUT2D eigenvalue weighted by Crippen LogP contribution is 2.48. The lowest BCUT2D eigenvalue weighted by Gasteiger charge is -2.21. The van der Waals surface area contributed by atoms with Gasteiger partial charge in [-0.25, -0.2) is 0 Å². The molecule has 1 unspecified atom stereocenters. The van der Waals surface area contributed by atoms with Crippen molar-refractivity contribution in [2.75, 3.05) is 6.54 Å². The number of amides is 2. The Labute approximate surface area is 114 Å². The molecule has 0 radical (unpaired) electrons. The Morgan fingerprint density at radius 2 is 1.74 bits per heavy atom. The Bertz CT molecular complexity index is 374. The summed E-state index contributed by atoms with van der Waals surface area (Å²) in [6.45, 7) is 4.72. The van der Waals surface area contributed by atoms with Gasteiger partial charge in [0, 0.05) is 6.04 Å². The smallest absolute Gasteiger partial charge is 0.247 e. The van der Waals surface area contributed by atoms with Gasteiger partial charge in [-0.3, -0.25) is 14.5 Å². The average Bonchev–Trinajstić information content (AvgIpc) is 3.22. The molecule has 1 saturated heterocycles. The summed E-state index contributed by atoms with van der Waals surface area (Å²) in [7, 11) is 0. The second-order valence-corrected chi connectivity index (χ2v) is 6.70. The Kier molecular flexibility index (Phi) is 3.37. The van der Waals surface area contributed by atoms with Gasteiger partial charge in [-0.2, -0.15) is 0 Å². The summed E-state index contributed by atoms with van der Waals surface area (Å²) < 4.78 is 0. The number of imide groups is 1. The number of hydrogen-bond donors (Lipinski definition) is 1. The van der Waals surface area contributed by atoms with Crippen molar-refractivity contribution < 1.29 is 9.59 Å². The molecule has 1 heterocycles. The van der Waals surface area contributed by atoms with E-state index in [1.807, 2.05) is 13.8 Å². The van der Waals surface area contributed by atoms with E-state index in [1.54, 1.807) is 0 Å². The first kappa shape index (κ1) is 13.1. The van der Waals surface area contributed by atoms with Gasteiger partial charge < -0.3 is 5.32 Å². The highest BCUT2D eigenvalue weighted by Gasteiger charge is 2.43. The molecule has 1 N–H and O–H groups in total. The average molecular weight is 264 g/mol. The number of rotatable bonds is 6. The maximum Gasteiger partial charge on any atom is 0.247 e. The zero-order valence-corrected chi connectivity index (χ0v) is 11.9. The maximum absolute atomic E-state index is 12.2. The van der Waals surface area contributed by atoms with Gasteiger partial charge in [0.15, 0.2) is 0 Å². The lowest BCUT2D eigenvalue weighted by molar-refractivity contribution is -0.140. The maximum atomic E-state index is 12.2.